The molecule has 36 heavy (non-hydrogen) atoms. The number of carbonyl (C=O) groups is 1. The van der Waals surface area contributed by atoms with Gasteiger partial charge in [-0.1, -0.05) is 56.2 Å². The van der Waals surface area contributed by atoms with Gasteiger partial charge in [0.25, 0.3) is 5.91 Å². The van der Waals surface area contributed by atoms with Gasteiger partial charge in [0.2, 0.25) is 5.95 Å². The molecule has 0 aliphatic carbocycles. The minimum absolute atomic E-state index is 0.0905. The Hall–Kier alpha value is -4.37. The molecule has 1 radical (unpaired) electrons. The number of amides is 1. The molecule has 1 amide bonds. The Labute approximate surface area is 212 Å². The Morgan fingerprint density at radius 2 is 1.94 bits per heavy atom. The van der Waals surface area contributed by atoms with E-state index >= 15 is 0 Å². The third-order valence-electron chi connectivity index (χ3n) is 6.24. The van der Waals surface area contributed by atoms with E-state index in [0.29, 0.717) is 17.2 Å². The normalized spacial score (nSPS) is 13.3. The van der Waals surface area contributed by atoms with Crippen LogP contribution in [-0.4, -0.2) is 36.5 Å². The van der Waals surface area contributed by atoms with Crippen LogP contribution in [0.2, 0.25) is 0 Å². The summed E-state index contributed by atoms with van der Waals surface area (Å²) in [5.41, 5.74) is 5.69. The lowest BCUT2D eigenvalue weighted by Crippen LogP contribution is -2.24. The molecule has 3 aromatic carbocycles. The number of hydrogen-bond donors (Lipinski definition) is 2. The van der Waals surface area contributed by atoms with Gasteiger partial charge in [-0.15, -0.1) is 6.42 Å². The molecule has 4 aromatic rings. The number of terminal acetylenes is 1. The number of nitrogens with zero attached hydrogens (tertiary/aromatic N) is 3. The summed E-state index contributed by atoms with van der Waals surface area (Å²) in [6.45, 7) is 9.44. The first-order valence-electron chi connectivity index (χ1n) is 11.7. The smallest absolute Gasteiger partial charge is 0.256 e. The molecule has 0 fully saturated rings. The fraction of sp³-hybridized carbons (Fsp3) is 0.200. The molecule has 6 heteroatoms. The number of benzene rings is 3. The standard InChI is InChI=1S/C23H23N2O.C7H7N3/c1-15-8-10-18-16(12-15)6-5-7-19(18)22(26)24-17-9-11-20-21(13-17)25(4)14-23(20,2)3;1-3-6-4-5-9-7(8-2)10-6/h5-13H,1,14H2,2-4H3,(H,24,26);1,4-5H,2H3,(H,8,9,10). The fourth-order valence-electron chi connectivity index (χ4n) is 4.55. The van der Waals surface area contributed by atoms with Crippen LogP contribution in [0.5, 0.6) is 0 Å². The monoisotopic (exact) mass is 476 g/mol. The third-order valence-corrected chi connectivity index (χ3v) is 6.24. The highest BCUT2D eigenvalue weighted by atomic mass is 16.1. The summed E-state index contributed by atoms with van der Waals surface area (Å²) in [4.78, 5) is 23.0. The van der Waals surface area contributed by atoms with E-state index in [4.69, 9.17) is 6.42 Å². The van der Waals surface area contributed by atoms with Crippen molar-refractivity contribution in [3.63, 3.8) is 0 Å². The first kappa shape index (κ1) is 24.7. The molecule has 0 atom stereocenters. The second kappa shape index (κ2) is 10.1. The molecule has 2 N–H and O–H groups in total. The van der Waals surface area contributed by atoms with E-state index < -0.39 is 0 Å². The number of hydrogen-bond acceptors (Lipinski definition) is 5. The van der Waals surface area contributed by atoms with Crippen molar-refractivity contribution in [2.75, 3.05) is 36.2 Å². The number of anilines is 3. The van der Waals surface area contributed by atoms with Gasteiger partial charge in [0.1, 0.15) is 5.69 Å². The van der Waals surface area contributed by atoms with Crippen LogP contribution < -0.4 is 15.5 Å². The molecule has 0 saturated heterocycles. The Bertz CT molecular complexity index is 1470. The largest absolute Gasteiger partial charge is 0.373 e. The number of likely N-dealkylation sites (N-methyl/N-ethyl adjacent to an activating group) is 1. The van der Waals surface area contributed by atoms with Crippen molar-refractivity contribution in [3.8, 4) is 12.3 Å². The zero-order chi connectivity index (χ0) is 25.9. The van der Waals surface area contributed by atoms with Crippen molar-refractivity contribution in [2.45, 2.75) is 19.3 Å². The predicted molar refractivity (Wildman–Crippen MR) is 149 cm³/mol. The van der Waals surface area contributed by atoms with Crippen LogP contribution in [0.4, 0.5) is 17.3 Å². The van der Waals surface area contributed by atoms with Crippen molar-refractivity contribution < 1.29 is 4.79 Å². The van der Waals surface area contributed by atoms with Gasteiger partial charge in [-0.3, -0.25) is 4.79 Å². The van der Waals surface area contributed by atoms with E-state index in [0.717, 1.165) is 28.6 Å². The number of fused-ring (bicyclic) bond motifs is 2. The number of rotatable bonds is 3. The van der Waals surface area contributed by atoms with Gasteiger partial charge in [-0.2, -0.15) is 0 Å². The summed E-state index contributed by atoms with van der Waals surface area (Å²) in [5, 5.41) is 7.82. The molecule has 6 nitrogen and oxygen atoms in total. The second-order valence-electron chi connectivity index (χ2n) is 9.45. The minimum atomic E-state index is -0.0905. The van der Waals surface area contributed by atoms with Crippen LogP contribution in [0, 0.1) is 19.3 Å². The van der Waals surface area contributed by atoms with Crippen LogP contribution in [-0.2, 0) is 5.41 Å². The highest BCUT2D eigenvalue weighted by Crippen LogP contribution is 2.40. The van der Waals surface area contributed by atoms with Crippen LogP contribution in [0.25, 0.3) is 10.8 Å². The zero-order valence-electron chi connectivity index (χ0n) is 21.1. The van der Waals surface area contributed by atoms with Crippen molar-refractivity contribution >= 4 is 34.0 Å². The van der Waals surface area contributed by atoms with E-state index in [1.54, 1.807) is 19.3 Å². The van der Waals surface area contributed by atoms with Gasteiger partial charge in [0.05, 0.1) is 0 Å². The minimum Gasteiger partial charge on any atom is -0.373 e. The van der Waals surface area contributed by atoms with E-state index in [1.807, 2.05) is 42.5 Å². The van der Waals surface area contributed by atoms with Crippen LogP contribution in [0.3, 0.4) is 0 Å². The average molecular weight is 477 g/mol. The Balaban J connectivity index is 0.000000256. The molecular weight excluding hydrogens is 446 g/mol. The van der Waals surface area contributed by atoms with Gasteiger partial charge >= 0.3 is 0 Å². The maximum absolute atomic E-state index is 12.9. The topological polar surface area (TPSA) is 70.1 Å². The van der Waals surface area contributed by atoms with Gasteiger partial charge in [-0.25, -0.2) is 9.97 Å². The van der Waals surface area contributed by atoms with Crippen molar-refractivity contribution in [3.05, 3.63) is 96.2 Å². The van der Waals surface area contributed by atoms with Crippen LogP contribution in [0.15, 0.2) is 66.9 Å². The van der Waals surface area contributed by atoms with Gasteiger partial charge in [0, 0.05) is 49.2 Å². The highest BCUT2D eigenvalue weighted by Gasteiger charge is 2.33. The summed E-state index contributed by atoms with van der Waals surface area (Å²) >= 11 is 0. The molecule has 1 aromatic heterocycles. The van der Waals surface area contributed by atoms with E-state index in [9.17, 15) is 4.79 Å². The summed E-state index contributed by atoms with van der Waals surface area (Å²) in [6.07, 6.45) is 6.72. The molecule has 0 unspecified atom stereocenters. The molecule has 1 aliphatic rings. The Kier molecular flexibility index (Phi) is 6.93. The lowest BCUT2D eigenvalue weighted by atomic mass is 9.87. The number of aromatic nitrogens is 2. The van der Waals surface area contributed by atoms with E-state index in [2.05, 4.69) is 71.4 Å². The summed E-state index contributed by atoms with van der Waals surface area (Å²) in [5.74, 6) is 2.87. The number of carbonyl (C=O) groups excluding carboxylic acids is 1. The second-order valence-corrected chi connectivity index (χ2v) is 9.45. The molecule has 0 spiro atoms. The highest BCUT2D eigenvalue weighted by molar-refractivity contribution is 6.13. The first-order valence-corrected chi connectivity index (χ1v) is 11.7. The molecule has 0 bridgehead atoms. The van der Waals surface area contributed by atoms with Crippen molar-refractivity contribution in [1.29, 1.82) is 0 Å². The average Bonchev–Trinajstić information content (AvgIpc) is 3.11. The molecule has 0 saturated carbocycles. The Morgan fingerprint density at radius 1 is 1.14 bits per heavy atom. The third kappa shape index (κ3) is 5.16. The maximum atomic E-state index is 12.9. The van der Waals surface area contributed by atoms with E-state index in [1.165, 1.54) is 11.3 Å². The lowest BCUT2D eigenvalue weighted by Gasteiger charge is -2.18. The molecular formula is C30H30N5O. The molecule has 5 rings (SSSR count). The van der Waals surface area contributed by atoms with E-state index in [-0.39, 0.29) is 11.3 Å². The predicted octanol–water partition coefficient (Wildman–Crippen LogP) is 5.50. The summed E-state index contributed by atoms with van der Waals surface area (Å²) < 4.78 is 0. The van der Waals surface area contributed by atoms with Gasteiger partial charge in [-0.05, 0) is 53.1 Å². The number of nitrogens with one attached hydrogen (secondary N) is 2. The van der Waals surface area contributed by atoms with Gasteiger partial charge < -0.3 is 15.5 Å². The van der Waals surface area contributed by atoms with Crippen molar-refractivity contribution in [2.24, 2.45) is 0 Å². The summed E-state index contributed by atoms with van der Waals surface area (Å²) in [7, 11) is 3.84. The van der Waals surface area contributed by atoms with Crippen LogP contribution >= 0.6 is 0 Å². The first-order chi connectivity index (χ1) is 17.2. The van der Waals surface area contributed by atoms with Crippen LogP contribution in [0.1, 0.15) is 41.0 Å². The Morgan fingerprint density at radius 3 is 2.69 bits per heavy atom. The molecule has 2 heterocycles. The lowest BCUT2D eigenvalue weighted by molar-refractivity contribution is 0.102. The van der Waals surface area contributed by atoms with Crippen molar-refractivity contribution in [1.82, 2.24) is 9.97 Å². The van der Waals surface area contributed by atoms with Gasteiger partial charge in [0.15, 0.2) is 0 Å². The fourth-order valence-corrected chi connectivity index (χ4v) is 4.55. The maximum Gasteiger partial charge on any atom is 0.256 e. The molecule has 181 valence electrons. The zero-order valence-corrected chi connectivity index (χ0v) is 21.1. The quantitative estimate of drug-likeness (QED) is 0.382. The molecule has 1 aliphatic heterocycles. The summed E-state index contributed by atoms with van der Waals surface area (Å²) in [6, 6.07) is 19.6. The SMILES string of the molecule is C#Cc1ccnc(NC)n1.[CH2]c1ccc2c(C(=O)Nc3ccc4c(c3)N(C)CC4(C)C)cccc2c1.